The lowest BCUT2D eigenvalue weighted by molar-refractivity contribution is 0.0990. The molecule has 2 rings (SSSR count). The molecule has 1 aromatic heterocycles. The van der Waals surface area contributed by atoms with Gasteiger partial charge in [-0.1, -0.05) is 27.5 Å². The molecule has 1 aromatic carbocycles. The summed E-state index contributed by atoms with van der Waals surface area (Å²) in [5, 5.41) is 4.86. The molecule has 0 aliphatic heterocycles. The predicted octanol–water partition coefficient (Wildman–Crippen LogP) is 4.82. The van der Waals surface area contributed by atoms with E-state index < -0.39 is 0 Å². The Balaban J connectivity index is 2.35. The first kappa shape index (κ1) is 15.7. The topological polar surface area (TPSA) is 34.9 Å². The summed E-state index contributed by atoms with van der Waals surface area (Å²) in [5.74, 6) is -0.0217. The number of carbonyl (C=O) groups is 1. The van der Waals surface area contributed by atoms with Crippen molar-refractivity contribution in [2.45, 2.75) is 26.8 Å². The molecule has 106 valence electrons. The van der Waals surface area contributed by atoms with Gasteiger partial charge in [0.25, 0.3) is 0 Å². The third-order valence-corrected chi connectivity index (χ3v) is 4.86. The third kappa shape index (κ3) is 3.15. The number of halogens is 3. The minimum Gasteiger partial charge on any atom is -0.294 e. The van der Waals surface area contributed by atoms with E-state index in [2.05, 4.69) is 37.0 Å². The smallest absolute Gasteiger partial charge is 0.170 e. The molecule has 0 spiro atoms. The number of rotatable bonds is 4. The quantitative estimate of drug-likeness (QED) is 0.665. The summed E-state index contributed by atoms with van der Waals surface area (Å²) in [5.41, 5.74) is 2.29. The first-order valence-corrected chi connectivity index (χ1v) is 8.10. The van der Waals surface area contributed by atoms with Crippen molar-refractivity contribution < 1.29 is 4.79 Å². The number of hydrogen-bond donors (Lipinski definition) is 0. The largest absolute Gasteiger partial charge is 0.294 e. The molecule has 0 aliphatic rings. The average Bonchev–Trinajstić information content (AvgIpc) is 2.69. The van der Waals surface area contributed by atoms with Crippen molar-refractivity contribution in [2.75, 3.05) is 0 Å². The van der Waals surface area contributed by atoms with E-state index in [-0.39, 0.29) is 12.2 Å². The molecule has 0 saturated heterocycles. The highest BCUT2D eigenvalue weighted by molar-refractivity contribution is 9.10. The normalized spacial score (nSPS) is 10.8. The molecule has 0 N–H and O–H groups in total. The highest BCUT2D eigenvalue weighted by atomic mass is 79.9. The Bertz CT molecular complexity index is 667. The van der Waals surface area contributed by atoms with Gasteiger partial charge < -0.3 is 0 Å². The predicted molar refractivity (Wildman–Crippen MR) is 87.5 cm³/mol. The van der Waals surface area contributed by atoms with Crippen molar-refractivity contribution in [3.05, 3.63) is 49.1 Å². The number of ketones is 1. The molecule has 0 bridgehead atoms. The summed E-state index contributed by atoms with van der Waals surface area (Å²) in [4.78, 5) is 12.4. The van der Waals surface area contributed by atoms with E-state index in [9.17, 15) is 4.79 Å². The van der Waals surface area contributed by atoms with Gasteiger partial charge in [-0.25, -0.2) is 0 Å². The van der Waals surface area contributed by atoms with Crippen LogP contribution in [-0.4, -0.2) is 15.6 Å². The van der Waals surface area contributed by atoms with E-state index in [0.717, 1.165) is 26.9 Å². The Morgan fingerprint density at radius 3 is 2.75 bits per heavy atom. The highest BCUT2D eigenvalue weighted by Gasteiger charge is 2.18. The molecule has 0 unspecified atom stereocenters. The van der Waals surface area contributed by atoms with E-state index >= 15 is 0 Å². The molecule has 2 aromatic rings. The summed E-state index contributed by atoms with van der Waals surface area (Å²) in [7, 11) is 0. The monoisotopic (exact) mass is 418 g/mol. The number of aromatic nitrogens is 2. The second kappa shape index (κ2) is 6.41. The van der Waals surface area contributed by atoms with Crippen LogP contribution in [-0.2, 0) is 13.0 Å². The summed E-state index contributed by atoms with van der Waals surface area (Å²) in [6, 6.07) is 5.28. The molecule has 1 heterocycles. The molecule has 0 amide bonds. The standard InChI is InChI=1S/C14H13Br2ClN2O/c1-3-19-12(14(16)8(2)18-19)7-13(20)10-6-9(15)4-5-11(10)17/h4-6H,3,7H2,1-2H3. The van der Waals surface area contributed by atoms with Crippen LogP contribution in [0.1, 0.15) is 28.7 Å². The fraction of sp³-hybridized carbons (Fsp3) is 0.286. The first-order chi connectivity index (χ1) is 9.43. The van der Waals surface area contributed by atoms with Gasteiger partial charge in [0.15, 0.2) is 5.78 Å². The fourth-order valence-electron chi connectivity index (χ4n) is 2.00. The Hall–Kier alpha value is -0.650. The van der Waals surface area contributed by atoms with Crippen LogP contribution in [0.25, 0.3) is 0 Å². The molecule has 0 saturated carbocycles. The highest BCUT2D eigenvalue weighted by Crippen LogP contribution is 2.26. The molecular formula is C14H13Br2ClN2O. The summed E-state index contributed by atoms with van der Waals surface area (Å²) >= 11 is 13.0. The molecule has 6 heteroatoms. The van der Waals surface area contributed by atoms with Crippen LogP contribution in [0.3, 0.4) is 0 Å². The van der Waals surface area contributed by atoms with Crippen LogP contribution in [0.4, 0.5) is 0 Å². The zero-order valence-corrected chi connectivity index (χ0v) is 15.0. The van der Waals surface area contributed by atoms with Crippen molar-refractivity contribution in [1.29, 1.82) is 0 Å². The maximum Gasteiger partial charge on any atom is 0.170 e. The first-order valence-electron chi connectivity index (χ1n) is 6.14. The van der Waals surface area contributed by atoms with Crippen molar-refractivity contribution in [3.63, 3.8) is 0 Å². The summed E-state index contributed by atoms with van der Waals surface area (Å²) < 4.78 is 3.56. The maximum atomic E-state index is 12.4. The lowest BCUT2D eigenvalue weighted by Crippen LogP contribution is -2.10. The molecule has 0 radical (unpaired) electrons. The molecule has 20 heavy (non-hydrogen) atoms. The zero-order chi connectivity index (χ0) is 14.9. The number of hydrogen-bond acceptors (Lipinski definition) is 2. The fourth-order valence-corrected chi connectivity index (χ4v) is 3.00. The summed E-state index contributed by atoms with van der Waals surface area (Å²) in [6.07, 6.45) is 0.269. The van der Waals surface area contributed by atoms with Crippen molar-refractivity contribution in [2.24, 2.45) is 0 Å². The lowest BCUT2D eigenvalue weighted by Gasteiger charge is -2.07. The Morgan fingerprint density at radius 2 is 2.10 bits per heavy atom. The number of aryl methyl sites for hydroxylation is 2. The van der Waals surface area contributed by atoms with Crippen LogP contribution >= 0.6 is 43.5 Å². The van der Waals surface area contributed by atoms with Gasteiger partial charge in [0, 0.05) is 16.6 Å². The van der Waals surface area contributed by atoms with Gasteiger partial charge in [-0.3, -0.25) is 9.48 Å². The zero-order valence-electron chi connectivity index (χ0n) is 11.1. The van der Waals surface area contributed by atoms with Crippen LogP contribution in [0, 0.1) is 6.92 Å². The Morgan fingerprint density at radius 1 is 1.40 bits per heavy atom. The van der Waals surface area contributed by atoms with E-state index in [1.807, 2.05) is 24.6 Å². The maximum absolute atomic E-state index is 12.4. The van der Waals surface area contributed by atoms with Crippen LogP contribution in [0.5, 0.6) is 0 Å². The SMILES string of the molecule is CCn1nc(C)c(Br)c1CC(=O)c1cc(Br)ccc1Cl. The van der Waals surface area contributed by atoms with E-state index in [1.54, 1.807) is 12.1 Å². The van der Waals surface area contributed by atoms with Gasteiger partial charge in [-0.05, 0) is 48.0 Å². The van der Waals surface area contributed by atoms with Gasteiger partial charge in [0.1, 0.15) is 0 Å². The molecule has 3 nitrogen and oxygen atoms in total. The van der Waals surface area contributed by atoms with E-state index in [4.69, 9.17) is 11.6 Å². The van der Waals surface area contributed by atoms with Crippen LogP contribution < -0.4 is 0 Å². The van der Waals surface area contributed by atoms with Gasteiger partial charge >= 0.3 is 0 Å². The van der Waals surface area contributed by atoms with E-state index in [1.165, 1.54) is 0 Å². The van der Waals surface area contributed by atoms with Crippen LogP contribution in [0.2, 0.25) is 5.02 Å². The number of carbonyl (C=O) groups excluding carboxylic acids is 1. The Kier molecular flexibility index (Phi) is 5.04. The van der Waals surface area contributed by atoms with Crippen molar-refractivity contribution in [3.8, 4) is 0 Å². The lowest BCUT2D eigenvalue weighted by atomic mass is 10.1. The number of Topliss-reactive ketones (excluding diaryl/α,β-unsaturated/α-hetero) is 1. The third-order valence-electron chi connectivity index (χ3n) is 3.01. The van der Waals surface area contributed by atoms with Gasteiger partial charge in [-0.2, -0.15) is 5.10 Å². The minimum atomic E-state index is -0.0217. The van der Waals surface area contributed by atoms with Gasteiger partial charge in [-0.15, -0.1) is 0 Å². The van der Waals surface area contributed by atoms with Crippen molar-refractivity contribution in [1.82, 2.24) is 9.78 Å². The number of nitrogens with zero attached hydrogens (tertiary/aromatic N) is 2. The van der Waals surface area contributed by atoms with Gasteiger partial charge in [0.2, 0.25) is 0 Å². The second-order valence-electron chi connectivity index (χ2n) is 4.39. The van der Waals surface area contributed by atoms with Crippen molar-refractivity contribution >= 4 is 49.2 Å². The number of benzene rings is 1. The molecular weight excluding hydrogens is 407 g/mol. The van der Waals surface area contributed by atoms with Crippen LogP contribution in [0.15, 0.2) is 27.1 Å². The molecule has 0 atom stereocenters. The summed E-state index contributed by atoms with van der Waals surface area (Å²) in [6.45, 7) is 4.64. The minimum absolute atomic E-state index is 0.0217. The average molecular weight is 421 g/mol. The second-order valence-corrected chi connectivity index (χ2v) is 6.50. The molecule has 0 aliphatic carbocycles. The van der Waals surface area contributed by atoms with E-state index in [0.29, 0.717) is 10.6 Å². The molecule has 0 fully saturated rings. The van der Waals surface area contributed by atoms with Gasteiger partial charge in [0.05, 0.1) is 27.3 Å². The Labute approximate surface area is 139 Å².